The first-order valence-corrected chi connectivity index (χ1v) is 13.5. The molecule has 0 atom stereocenters. The van der Waals surface area contributed by atoms with Gasteiger partial charge >= 0.3 is 0 Å². The van der Waals surface area contributed by atoms with E-state index in [0.29, 0.717) is 30.4 Å². The topological polar surface area (TPSA) is 107 Å². The van der Waals surface area contributed by atoms with Crippen LogP contribution in [0.5, 0.6) is 0 Å². The third-order valence-corrected chi connectivity index (χ3v) is 7.46. The second kappa shape index (κ2) is 11.3. The Morgan fingerprint density at radius 2 is 1.76 bits per heavy atom. The Kier molecular flexibility index (Phi) is 7.22. The van der Waals surface area contributed by atoms with E-state index >= 15 is 0 Å². The number of nitrogens with one attached hydrogen (secondary N) is 1. The maximum atomic E-state index is 13.6. The Labute approximate surface area is 237 Å². The predicted molar refractivity (Wildman–Crippen MR) is 159 cm³/mol. The van der Waals surface area contributed by atoms with Crippen molar-refractivity contribution in [3.05, 3.63) is 112 Å². The predicted octanol–water partition coefficient (Wildman–Crippen LogP) is 5.36. The van der Waals surface area contributed by atoms with Crippen molar-refractivity contribution in [1.29, 1.82) is 0 Å². The van der Waals surface area contributed by atoms with E-state index in [1.54, 1.807) is 29.4 Å². The molecule has 3 aromatic carbocycles. The minimum absolute atomic E-state index is 0.0215. The number of fused-ring (bicyclic) bond motifs is 1. The van der Waals surface area contributed by atoms with Crippen molar-refractivity contribution >= 4 is 40.1 Å². The van der Waals surface area contributed by atoms with E-state index in [1.807, 2.05) is 67.6 Å². The smallest absolute Gasteiger partial charge is 0.292 e. The number of aliphatic imine (C=N–C) groups is 1. The van der Waals surface area contributed by atoms with Gasteiger partial charge in [-0.25, -0.2) is 4.99 Å². The van der Waals surface area contributed by atoms with Crippen LogP contribution < -0.4 is 15.1 Å². The van der Waals surface area contributed by atoms with Crippen molar-refractivity contribution in [2.75, 3.05) is 48.0 Å². The molecule has 0 spiro atoms. The van der Waals surface area contributed by atoms with Gasteiger partial charge in [-0.3, -0.25) is 24.7 Å². The molecule has 1 amide bonds. The molecule has 1 fully saturated rings. The zero-order valence-corrected chi connectivity index (χ0v) is 22.7. The van der Waals surface area contributed by atoms with Gasteiger partial charge in [-0.2, -0.15) is 0 Å². The molecule has 1 saturated heterocycles. The average molecular weight is 551 g/mol. The van der Waals surface area contributed by atoms with Crippen molar-refractivity contribution < 1.29 is 14.1 Å². The summed E-state index contributed by atoms with van der Waals surface area (Å²) in [6.45, 7) is 5.77. The van der Waals surface area contributed by atoms with Crippen LogP contribution in [-0.4, -0.2) is 54.3 Å². The van der Waals surface area contributed by atoms with Gasteiger partial charge in [0.15, 0.2) is 0 Å². The van der Waals surface area contributed by atoms with Gasteiger partial charge in [0.25, 0.3) is 11.6 Å². The minimum atomic E-state index is -0.381. The molecule has 1 N–H and O–H groups in total. The third kappa shape index (κ3) is 5.55. The van der Waals surface area contributed by atoms with Crippen LogP contribution in [0.2, 0.25) is 0 Å². The second-order valence-electron chi connectivity index (χ2n) is 10.2. The van der Waals surface area contributed by atoms with E-state index in [2.05, 4.69) is 15.1 Å². The number of benzene rings is 3. The van der Waals surface area contributed by atoms with Crippen LogP contribution in [-0.2, 0) is 11.3 Å². The number of carbonyl (C=O) groups is 1. The first-order valence-electron chi connectivity index (χ1n) is 13.5. The summed E-state index contributed by atoms with van der Waals surface area (Å²) in [6.07, 6.45) is 1.58. The van der Waals surface area contributed by atoms with Gasteiger partial charge in [0, 0.05) is 43.5 Å². The van der Waals surface area contributed by atoms with Crippen LogP contribution in [0.15, 0.2) is 94.5 Å². The molecule has 3 heterocycles. The fourth-order valence-electron chi connectivity index (χ4n) is 5.22. The third-order valence-electron chi connectivity index (χ3n) is 7.46. The van der Waals surface area contributed by atoms with E-state index < -0.39 is 0 Å². The van der Waals surface area contributed by atoms with Gasteiger partial charge in [-0.1, -0.05) is 35.9 Å². The molecule has 4 aromatic rings. The van der Waals surface area contributed by atoms with Crippen molar-refractivity contribution in [2.45, 2.75) is 13.5 Å². The molecule has 208 valence electrons. The molecule has 0 aliphatic carbocycles. The van der Waals surface area contributed by atoms with Gasteiger partial charge in [0.05, 0.1) is 35.8 Å². The lowest BCUT2D eigenvalue weighted by atomic mass is 10.1. The SMILES string of the molecule is Cc1ccc(N=C2C(=O)N(CN3CCN(c4ccc([N+](=O)[O-])c(NCc5ccco5)c4)CC3)c3ccccc32)cc1. The molecule has 1 aromatic heterocycles. The van der Waals surface area contributed by atoms with Crippen molar-refractivity contribution in [3.63, 3.8) is 0 Å². The first kappa shape index (κ1) is 26.3. The van der Waals surface area contributed by atoms with Crippen LogP contribution in [0, 0.1) is 17.0 Å². The summed E-state index contributed by atoms with van der Waals surface area (Å²) in [7, 11) is 0. The van der Waals surface area contributed by atoms with Crippen LogP contribution in [0.4, 0.5) is 28.4 Å². The molecule has 0 unspecified atom stereocenters. The van der Waals surface area contributed by atoms with E-state index in [-0.39, 0.29) is 16.5 Å². The number of hydrogen-bond acceptors (Lipinski definition) is 8. The zero-order valence-electron chi connectivity index (χ0n) is 22.7. The van der Waals surface area contributed by atoms with Gasteiger partial charge in [-0.05, 0) is 49.4 Å². The van der Waals surface area contributed by atoms with E-state index in [4.69, 9.17) is 9.41 Å². The van der Waals surface area contributed by atoms with Gasteiger partial charge in [-0.15, -0.1) is 0 Å². The summed E-state index contributed by atoms with van der Waals surface area (Å²) in [5.74, 6) is 0.597. The van der Waals surface area contributed by atoms with Crippen LogP contribution in [0.1, 0.15) is 16.9 Å². The van der Waals surface area contributed by atoms with Gasteiger partial charge in [0.2, 0.25) is 0 Å². The van der Waals surface area contributed by atoms with Crippen LogP contribution >= 0.6 is 0 Å². The molecule has 0 bridgehead atoms. The Hall–Kier alpha value is -4.96. The molecule has 0 saturated carbocycles. The normalized spacial score (nSPS) is 16.3. The summed E-state index contributed by atoms with van der Waals surface area (Å²) < 4.78 is 5.35. The number of amides is 1. The highest BCUT2D eigenvalue weighted by Gasteiger charge is 2.35. The lowest BCUT2D eigenvalue weighted by Gasteiger charge is -2.37. The zero-order chi connectivity index (χ0) is 28.3. The lowest BCUT2D eigenvalue weighted by molar-refractivity contribution is -0.384. The summed E-state index contributed by atoms with van der Waals surface area (Å²) >= 11 is 0. The standard InChI is InChI=1S/C31H30N6O4/c1-22-8-10-23(11-9-22)33-30-26-6-2-3-7-28(26)36(31(30)38)21-34-14-16-35(17-15-34)24-12-13-29(37(39)40)27(19-24)32-20-25-5-4-18-41-25/h2-13,18-19,32H,14-17,20-21H2,1H3. The molecule has 2 aliphatic heterocycles. The second-order valence-corrected chi connectivity index (χ2v) is 10.2. The van der Waals surface area contributed by atoms with E-state index in [0.717, 1.165) is 54.4 Å². The number of anilines is 3. The largest absolute Gasteiger partial charge is 0.467 e. The summed E-state index contributed by atoms with van der Waals surface area (Å²) in [5.41, 5.74) is 5.45. The number of hydrogen-bond donors (Lipinski definition) is 1. The van der Waals surface area contributed by atoms with Crippen molar-refractivity contribution in [1.82, 2.24) is 4.90 Å². The minimum Gasteiger partial charge on any atom is -0.467 e. The van der Waals surface area contributed by atoms with E-state index in [1.165, 1.54) is 0 Å². The number of nitro benzene ring substituents is 1. The number of piperazine rings is 1. The molecular formula is C31H30N6O4. The Balaban J connectivity index is 1.14. The molecule has 10 nitrogen and oxygen atoms in total. The number of furan rings is 1. The fourth-order valence-corrected chi connectivity index (χ4v) is 5.22. The van der Waals surface area contributed by atoms with E-state index in [9.17, 15) is 14.9 Å². The monoisotopic (exact) mass is 550 g/mol. The summed E-state index contributed by atoms with van der Waals surface area (Å²) in [5, 5.41) is 14.8. The Bertz CT molecular complexity index is 1590. The first-order chi connectivity index (χ1) is 20.0. The Morgan fingerprint density at radius 3 is 2.49 bits per heavy atom. The van der Waals surface area contributed by atoms with Gasteiger partial charge in [0.1, 0.15) is 17.2 Å². The molecule has 2 aliphatic rings. The summed E-state index contributed by atoms with van der Waals surface area (Å²) in [6, 6.07) is 24.4. The Morgan fingerprint density at radius 1 is 0.976 bits per heavy atom. The maximum absolute atomic E-state index is 13.6. The average Bonchev–Trinajstić information content (AvgIpc) is 3.60. The number of rotatable bonds is 8. The molecule has 6 rings (SSSR count). The quantitative estimate of drug-likeness (QED) is 0.233. The van der Waals surface area contributed by atoms with Crippen LogP contribution in [0.3, 0.4) is 0 Å². The summed E-state index contributed by atoms with van der Waals surface area (Å²) in [4.78, 5) is 35.8. The van der Waals surface area contributed by atoms with Crippen LogP contribution in [0.25, 0.3) is 0 Å². The maximum Gasteiger partial charge on any atom is 0.292 e. The number of nitrogens with zero attached hydrogens (tertiary/aromatic N) is 5. The van der Waals surface area contributed by atoms with Crippen molar-refractivity contribution in [2.24, 2.45) is 4.99 Å². The highest BCUT2D eigenvalue weighted by molar-refractivity contribution is 6.54. The van der Waals surface area contributed by atoms with Crippen molar-refractivity contribution in [3.8, 4) is 0 Å². The fraction of sp³-hybridized carbons (Fsp3) is 0.226. The molecule has 41 heavy (non-hydrogen) atoms. The van der Waals surface area contributed by atoms with Gasteiger partial charge < -0.3 is 14.6 Å². The molecular weight excluding hydrogens is 520 g/mol. The number of para-hydroxylation sites is 1. The number of nitro groups is 1. The number of carbonyl (C=O) groups excluding carboxylic acids is 1. The lowest BCUT2D eigenvalue weighted by Crippen LogP contribution is -2.51. The number of aryl methyl sites for hydroxylation is 1. The highest BCUT2D eigenvalue weighted by Crippen LogP contribution is 2.33. The molecule has 10 heteroatoms. The molecule has 0 radical (unpaired) electrons. The highest BCUT2D eigenvalue weighted by atomic mass is 16.6.